The third kappa shape index (κ3) is 5.27. The minimum absolute atomic E-state index is 0.320. The summed E-state index contributed by atoms with van der Waals surface area (Å²) in [6, 6.07) is 13.5. The summed E-state index contributed by atoms with van der Waals surface area (Å²) >= 11 is 0. The second-order valence-electron chi connectivity index (χ2n) is 9.45. The first-order valence-corrected chi connectivity index (χ1v) is 11.2. The van der Waals surface area contributed by atoms with E-state index in [0.717, 1.165) is 19.3 Å². The molecule has 3 amide bonds. The van der Waals surface area contributed by atoms with Crippen LogP contribution in [0, 0.1) is 0 Å². The Balaban J connectivity index is 1.78. The Bertz CT molecular complexity index is 1020. The zero-order valence-corrected chi connectivity index (χ0v) is 19.4. The lowest BCUT2D eigenvalue weighted by Gasteiger charge is -2.49. The number of carboxylic acid groups (broad SMARTS) is 1. The molecule has 2 aromatic carbocycles. The molecule has 2 aromatic rings. The Morgan fingerprint density at radius 1 is 0.939 bits per heavy atom. The van der Waals surface area contributed by atoms with Crippen LogP contribution in [0.2, 0.25) is 0 Å². The van der Waals surface area contributed by atoms with Crippen LogP contribution in [0.25, 0.3) is 0 Å². The van der Waals surface area contributed by atoms with E-state index in [1.165, 1.54) is 4.90 Å². The molecular formula is C25H32N4O4. The lowest BCUT2D eigenvalue weighted by atomic mass is 9.77. The number of nitrogens with two attached hydrogens (primary N) is 1. The van der Waals surface area contributed by atoms with Crippen LogP contribution in [0.4, 0.5) is 21.9 Å². The molecule has 0 spiro atoms. The molecule has 0 bridgehead atoms. The number of carbonyl (C=O) groups is 3. The monoisotopic (exact) mass is 452 g/mol. The maximum absolute atomic E-state index is 13.5. The summed E-state index contributed by atoms with van der Waals surface area (Å²) in [4.78, 5) is 39.5. The molecule has 33 heavy (non-hydrogen) atoms. The third-order valence-electron chi connectivity index (χ3n) is 6.01. The number of nitrogens with zero attached hydrogens (tertiary/aromatic N) is 1. The standard InChI is InChI=1S/C25H32N4O4/c1-24(2,3)29(23(32)33)25(15-7-4-8-16-25)22(31)27-18-13-11-17(12-14-18)21(30)28-20-10-6-5-9-19(20)26/h5-6,9-14H,4,7-8,15-16,26H2,1-3H3,(H,27,31)(H,28,30)(H,32,33). The first-order chi connectivity index (χ1) is 15.5. The second kappa shape index (κ2) is 9.52. The molecular weight excluding hydrogens is 420 g/mol. The van der Waals surface area contributed by atoms with E-state index in [9.17, 15) is 19.5 Å². The van der Waals surface area contributed by atoms with Gasteiger partial charge in [0.15, 0.2) is 0 Å². The van der Waals surface area contributed by atoms with Crippen LogP contribution in [0.15, 0.2) is 48.5 Å². The summed E-state index contributed by atoms with van der Waals surface area (Å²) in [6.07, 6.45) is 2.39. The van der Waals surface area contributed by atoms with Crippen LogP contribution >= 0.6 is 0 Å². The van der Waals surface area contributed by atoms with Crippen molar-refractivity contribution in [1.29, 1.82) is 0 Å². The summed E-state index contributed by atoms with van der Waals surface area (Å²) in [6.45, 7) is 5.41. The van der Waals surface area contributed by atoms with Crippen LogP contribution in [-0.2, 0) is 4.79 Å². The molecule has 0 radical (unpaired) electrons. The van der Waals surface area contributed by atoms with E-state index in [0.29, 0.717) is 35.5 Å². The number of amides is 3. The van der Waals surface area contributed by atoms with Gasteiger partial charge in [0.2, 0.25) is 0 Å². The highest BCUT2D eigenvalue weighted by Crippen LogP contribution is 2.39. The molecule has 1 aliphatic carbocycles. The van der Waals surface area contributed by atoms with Crippen molar-refractivity contribution in [3.8, 4) is 0 Å². The van der Waals surface area contributed by atoms with Gasteiger partial charge >= 0.3 is 6.09 Å². The maximum Gasteiger partial charge on any atom is 0.408 e. The van der Waals surface area contributed by atoms with Gasteiger partial charge in [-0.25, -0.2) is 4.79 Å². The smallest absolute Gasteiger partial charge is 0.408 e. The zero-order valence-electron chi connectivity index (χ0n) is 19.4. The fourth-order valence-electron chi connectivity index (χ4n) is 4.56. The average molecular weight is 453 g/mol. The summed E-state index contributed by atoms with van der Waals surface area (Å²) in [5.74, 6) is -0.659. The number of rotatable bonds is 5. The lowest BCUT2D eigenvalue weighted by molar-refractivity contribution is -0.133. The molecule has 8 nitrogen and oxygen atoms in total. The Kier molecular flexibility index (Phi) is 6.95. The molecule has 1 saturated carbocycles. The second-order valence-corrected chi connectivity index (χ2v) is 9.45. The van der Waals surface area contributed by atoms with Crippen LogP contribution in [-0.4, -0.2) is 39.0 Å². The van der Waals surface area contributed by atoms with Crippen LogP contribution in [0.5, 0.6) is 0 Å². The van der Waals surface area contributed by atoms with Gasteiger partial charge in [-0.2, -0.15) is 0 Å². The Hall–Kier alpha value is -3.55. The Morgan fingerprint density at radius 2 is 1.55 bits per heavy atom. The molecule has 0 atom stereocenters. The molecule has 1 aliphatic rings. The molecule has 3 rings (SSSR count). The predicted octanol–water partition coefficient (Wildman–Crippen LogP) is 4.94. The first kappa shape index (κ1) is 24.1. The Morgan fingerprint density at radius 3 is 2.09 bits per heavy atom. The van der Waals surface area contributed by atoms with Gasteiger partial charge in [0.25, 0.3) is 11.8 Å². The molecule has 8 heteroatoms. The Labute approximate surface area is 194 Å². The van der Waals surface area contributed by atoms with Gasteiger partial charge in [-0.1, -0.05) is 31.4 Å². The van der Waals surface area contributed by atoms with Gasteiger partial charge in [-0.15, -0.1) is 0 Å². The number of anilines is 3. The van der Waals surface area contributed by atoms with E-state index in [-0.39, 0.29) is 11.8 Å². The minimum atomic E-state index is -1.14. The summed E-state index contributed by atoms with van der Waals surface area (Å²) in [7, 11) is 0. The van der Waals surface area contributed by atoms with Crippen molar-refractivity contribution in [1.82, 2.24) is 4.90 Å². The van der Waals surface area contributed by atoms with Crippen molar-refractivity contribution < 1.29 is 19.5 Å². The predicted molar refractivity (Wildman–Crippen MR) is 129 cm³/mol. The van der Waals surface area contributed by atoms with Crippen LogP contribution in [0.1, 0.15) is 63.2 Å². The number of hydrogen-bond donors (Lipinski definition) is 4. The highest BCUT2D eigenvalue weighted by molar-refractivity contribution is 6.06. The molecule has 0 aromatic heterocycles. The van der Waals surface area contributed by atoms with Gasteiger partial charge < -0.3 is 21.5 Å². The maximum atomic E-state index is 13.5. The van der Waals surface area contributed by atoms with E-state index >= 15 is 0 Å². The average Bonchev–Trinajstić information content (AvgIpc) is 2.75. The SMILES string of the molecule is CC(C)(C)N(C(=O)O)C1(C(=O)Nc2ccc(C(=O)Nc3ccccc3N)cc2)CCCCC1. The lowest BCUT2D eigenvalue weighted by Crippen LogP contribution is -2.65. The van der Waals surface area contributed by atoms with Crippen molar-refractivity contribution in [2.45, 2.75) is 64.0 Å². The number of benzene rings is 2. The van der Waals surface area contributed by atoms with Crippen molar-refractivity contribution >= 4 is 35.0 Å². The van der Waals surface area contributed by atoms with Crippen LogP contribution < -0.4 is 16.4 Å². The number of nitrogens with one attached hydrogen (secondary N) is 2. The van der Waals surface area contributed by atoms with E-state index in [1.54, 1.807) is 69.3 Å². The first-order valence-electron chi connectivity index (χ1n) is 11.2. The number of nitrogen functional groups attached to an aromatic ring is 1. The van der Waals surface area contributed by atoms with E-state index in [4.69, 9.17) is 5.73 Å². The molecule has 176 valence electrons. The van der Waals surface area contributed by atoms with Gasteiger partial charge in [-0.05, 0) is 70.0 Å². The quantitative estimate of drug-likeness (QED) is 0.478. The van der Waals surface area contributed by atoms with Gasteiger partial charge in [0, 0.05) is 16.8 Å². The fourth-order valence-corrected chi connectivity index (χ4v) is 4.56. The van der Waals surface area contributed by atoms with E-state index < -0.39 is 17.2 Å². The molecule has 0 heterocycles. The largest absolute Gasteiger partial charge is 0.465 e. The van der Waals surface area contributed by atoms with E-state index in [2.05, 4.69) is 10.6 Å². The molecule has 0 aliphatic heterocycles. The molecule has 0 unspecified atom stereocenters. The minimum Gasteiger partial charge on any atom is -0.465 e. The third-order valence-corrected chi connectivity index (χ3v) is 6.01. The zero-order chi connectivity index (χ0) is 24.2. The normalized spacial score (nSPS) is 15.4. The summed E-state index contributed by atoms with van der Waals surface area (Å²) < 4.78 is 0. The highest BCUT2D eigenvalue weighted by atomic mass is 16.4. The number of para-hydroxylation sites is 2. The number of carbonyl (C=O) groups excluding carboxylic acids is 2. The van der Waals surface area contributed by atoms with Gasteiger partial charge in [-0.3, -0.25) is 14.5 Å². The van der Waals surface area contributed by atoms with Crippen LogP contribution in [0.3, 0.4) is 0 Å². The van der Waals surface area contributed by atoms with Gasteiger partial charge in [0.1, 0.15) is 5.54 Å². The topological polar surface area (TPSA) is 125 Å². The van der Waals surface area contributed by atoms with Crippen molar-refractivity contribution in [3.05, 3.63) is 54.1 Å². The van der Waals surface area contributed by atoms with Crippen molar-refractivity contribution in [2.75, 3.05) is 16.4 Å². The van der Waals surface area contributed by atoms with Gasteiger partial charge in [0.05, 0.1) is 11.4 Å². The highest BCUT2D eigenvalue weighted by Gasteiger charge is 2.51. The fraction of sp³-hybridized carbons (Fsp3) is 0.400. The number of hydrogen-bond acceptors (Lipinski definition) is 4. The summed E-state index contributed by atoms with van der Waals surface area (Å²) in [5, 5.41) is 15.6. The molecule has 1 fully saturated rings. The summed E-state index contributed by atoms with van der Waals surface area (Å²) in [5.41, 5.74) is 5.91. The molecule has 0 saturated heterocycles. The van der Waals surface area contributed by atoms with Crippen molar-refractivity contribution in [2.24, 2.45) is 0 Å². The van der Waals surface area contributed by atoms with Crippen molar-refractivity contribution in [3.63, 3.8) is 0 Å². The van der Waals surface area contributed by atoms with E-state index in [1.807, 2.05) is 0 Å². The molecule has 5 N–H and O–H groups in total.